The molecule has 4 heteroatoms. The van der Waals surface area contributed by atoms with E-state index in [1.165, 1.54) is 0 Å². The molecule has 0 aromatic heterocycles. The predicted octanol–water partition coefficient (Wildman–Crippen LogP) is 1.66. The number of rotatable bonds is 6. The molecule has 1 fully saturated rings. The summed E-state index contributed by atoms with van der Waals surface area (Å²) in [6, 6.07) is 7.84. The number of hydrogen-bond acceptors (Lipinski definition) is 3. The van der Waals surface area contributed by atoms with E-state index in [4.69, 9.17) is 4.74 Å². The van der Waals surface area contributed by atoms with Gasteiger partial charge < -0.3 is 15.2 Å². The Kier molecular flexibility index (Phi) is 4.43. The Balaban J connectivity index is 1.85. The first-order valence-electron chi connectivity index (χ1n) is 6.78. The highest BCUT2D eigenvalue weighted by atomic mass is 16.5. The molecule has 19 heavy (non-hydrogen) atoms. The van der Waals surface area contributed by atoms with Crippen molar-refractivity contribution in [3.05, 3.63) is 29.8 Å². The third kappa shape index (κ3) is 4.56. The number of aliphatic hydroxyl groups is 1. The second kappa shape index (κ2) is 6.06. The van der Waals surface area contributed by atoms with E-state index >= 15 is 0 Å². The van der Waals surface area contributed by atoms with Gasteiger partial charge in [-0.2, -0.15) is 0 Å². The predicted molar refractivity (Wildman–Crippen MR) is 73.1 cm³/mol. The summed E-state index contributed by atoms with van der Waals surface area (Å²) >= 11 is 0. The molecule has 1 amide bonds. The number of carbonyl (C=O) groups excluding carboxylic acids is 1. The zero-order valence-corrected chi connectivity index (χ0v) is 11.4. The van der Waals surface area contributed by atoms with Crippen LogP contribution in [0, 0.1) is 0 Å². The van der Waals surface area contributed by atoms with Gasteiger partial charge in [-0.25, -0.2) is 0 Å². The standard InChI is InChI=1S/C15H21NO3/c1-10(17)9-12-3-7-14(8-4-12)19-11(2)15(18)16-13-5-6-13/h3-4,7-8,10-11,13,17H,5-6,9H2,1-2H3,(H,16,18). The average molecular weight is 263 g/mol. The highest BCUT2D eigenvalue weighted by molar-refractivity contribution is 5.81. The molecule has 2 rings (SSSR count). The van der Waals surface area contributed by atoms with Gasteiger partial charge in [-0.15, -0.1) is 0 Å². The van der Waals surface area contributed by atoms with Gasteiger partial charge in [0.15, 0.2) is 6.10 Å². The third-order valence-electron chi connectivity index (χ3n) is 3.06. The molecule has 1 aromatic rings. The van der Waals surface area contributed by atoms with Crippen LogP contribution in [-0.2, 0) is 11.2 Å². The van der Waals surface area contributed by atoms with E-state index in [-0.39, 0.29) is 12.0 Å². The summed E-state index contributed by atoms with van der Waals surface area (Å²) < 4.78 is 5.59. The quantitative estimate of drug-likeness (QED) is 0.820. The lowest BCUT2D eigenvalue weighted by atomic mass is 10.1. The van der Waals surface area contributed by atoms with Crippen LogP contribution in [0.3, 0.4) is 0 Å². The average Bonchev–Trinajstić information content (AvgIpc) is 3.14. The normalized spacial score (nSPS) is 17.6. The summed E-state index contributed by atoms with van der Waals surface area (Å²) in [6.45, 7) is 3.51. The van der Waals surface area contributed by atoms with Gasteiger partial charge in [0.05, 0.1) is 6.10 Å². The molecule has 1 saturated carbocycles. The monoisotopic (exact) mass is 263 g/mol. The molecule has 2 atom stereocenters. The summed E-state index contributed by atoms with van der Waals surface area (Å²) in [5, 5.41) is 12.2. The SMILES string of the molecule is CC(O)Cc1ccc(OC(C)C(=O)NC2CC2)cc1. The van der Waals surface area contributed by atoms with Crippen LogP contribution in [0.25, 0.3) is 0 Å². The second-order valence-electron chi connectivity index (χ2n) is 5.24. The van der Waals surface area contributed by atoms with E-state index in [9.17, 15) is 9.90 Å². The fraction of sp³-hybridized carbons (Fsp3) is 0.533. The molecule has 4 nitrogen and oxygen atoms in total. The fourth-order valence-electron chi connectivity index (χ4n) is 1.85. The lowest BCUT2D eigenvalue weighted by Gasteiger charge is -2.15. The molecule has 0 radical (unpaired) electrons. The minimum Gasteiger partial charge on any atom is -0.481 e. The van der Waals surface area contributed by atoms with Crippen LogP contribution in [0.15, 0.2) is 24.3 Å². The Hall–Kier alpha value is -1.55. The molecule has 2 unspecified atom stereocenters. The van der Waals surface area contributed by atoms with Gasteiger partial charge in [-0.05, 0) is 50.8 Å². The van der Waals surface area contributed by atoms with Crippen LogP contribution in [0.1, 0.15) is 32.3 Å². The van der Waals surface area contributed by atoms with E-state index in [1.54, 1.807) is 13.8 Å². The Morgan fingerprint density at radius 3 is 2.53 bits per heavy atom. The van der Waals surface area contributed by atoms with Crippen molar-refractivity contribution in [2.24, 2.45) is 0 Å². The minimum absolute atomic E-state index is 0.0597. The minimum atomic E-state index is -0.483. The Bertz CT molecular complexity index is 424. The van der Waals surface area contributed by atoms with Crippen LogP contribution in [0.4, 0.5) is 0 Å². The number of nitrogens with one attached hydrogen (secondary N) is 1. The maximum absolute atomic E-state index is 11.7. The van der Waals surface area contributed by atoms with E-state index in [0.29, 0.717) is 18.2 Å². The second-order valence-corrected chi connectivity index (χ2v) is 5.24. The summed E-state index contributed by atoms with van der Waals surface area (Å²) in [7, 11) is 0. The molecule has 0 aliphatic heterocycles. The first-order chi connectivity index (χ1) is 9.04. The van der Waals surface area contributed by atoms with Crippen molar-refractivity contribution < 1.29 is 14.6 Å². The largest absolute Gasteiger partial charge is 0.481 e. The molecule has 104 valence electrons. The first-order valence-corrected chi connectivity index (χ1v) is 6.78. The first kappa shape index (κ1) is 13.9. The van der Waals surface area contributed by atoms with E-state index in [2.05, 4.69) is 5.32 Å². The van der Waals surface area contributed by atoms with Crippen molar-refractivity contribution in [1.82, 2.24) is 5.32 Å². The van der Waals surface area contributed by atoms with Gasteiger partial charge >= 0.3 is 0 Å². The van der Waals surface area contributed by atoms with E-state index in [1.807, 2.05) is 24.3 Å². The molecule has 1 aromatic carbocycles. The lowest BCUT2D eigenvalue weighted by molar-refractivity contribution is -0.127. The molecule has 0 spiro atoms. The summed E-state index contributed by atoms with van der Waals surface area (Å²) in [4.78, 5) is 11.7. The Morgan fingerprint density at radius 1 is 1.37 bits per heavy atom. The topological polar surface area (TPSA) is 58.6 Å². The van der Waals surface area contributed by atoms with Gasteiger partial charge in [0.25, 0.3) is 5.91 Å². The number of aliphatic hydroxyl groups excluding tert-OH is 1. The maximum atomic E-state index is 11.7. The summed E-state index contributed by atoms with van der Waals surface area (Å²) in [6.07, 6.45) is 1.94. The number of hydrogen-bond donors (Lipinski definition) is 2. The fourth-order valence-corrected chi connectivity index (χ4v) is 1.85. The Morgan fingerprint density at radius 2 is 2.00 bits per heavy atom. The van der Waals surface area contributed by atoms with Crippen LogP contribution in [0.2, 0.25) is 0 Å². The molecule has 0 bridgehead atoms. The smallest absolute Gasteiger partial charge is 0.260 e. The number of amides is 1. The van der Waals surface area contributed by atoms with E-state index < -0.39 is 6.10 Å². The maximum Gasteiger partial charge on any atom is 0.260 e. The highest BCUT2D eigenvalue weighted by Crippen LogP contribution is 2.19. The zero-order chi connectivity index (χ0) is 13.8. The molecule has 0 heterocycles. The molecule has 1 aliphatic rings. The van der Waals surface area contributed by atoms with E-state index in [0.717, 1.165) is 18.4 Å². The van der Waals surface area contributed by atoms with Crippen LogP contribution < -0.4 is 10.1 Å². The highest BCUT2D eigenvalue weighted by Gasteiger charge is 2.26. The lowest BCUT2D eigenvalue weighted by Crippen LogP contribution is -2.37. The number of ether oxygens (including phenoxy) is 1. The van der Waals surface area contributed by atoms with Crippen LogP contribution >= 0.6 is 0 Å². The molecule has 1 aliphatic carbocycles. The molecular formula is C15H21NO3. The van der Waals surface area contributed by atoms with Gasteiger partial charge in [0, 0.05) is 6.04 Å². The van der Waals surface area contributed by atoms with Crippen LogP contribution in [0.5, 0.6) is 5.75 Å². The van der Waals surface area contributed by atoms with Crippen molar-refractivity contribution in [3.63, 3.8) is 0 Å². The molecule has 2 N–H and O–H groups in total. The van der Waals surface area contributed by atoms with Gasteiger partial charge in [0.2, 0.25) is 0 Å². The summed E-state index contributed by atoms with van der Waals surface area (Å²) in [5.74, 6) is 0.614. The van der Waals surface area contributed by atoms with Gasteiger partial charge in [-0.3, -0.25) is 4.79 Å². The van der Waals surface area contributed by atoms with Gasteiger partial charge in [-0.1, -0.05) is 12.1 Å². The van der Waals surface area contributed by atoms with Crippen molar-refractivity contribution in [2.75, 3.05) is 0 Å². The Labute approximate surface area is 113 Å². The van der Waals surface area contributed by atoms with Gasteiger partial charge in [0.1, 0.15) is 5.75 Å². The zero-order valence-electron chi connectivity index (χ0n) is 11.4. The van der Waals surface area contributed by atoms with Crippen molar-refractivity contribution in [2.45, 2.75) is 51.4 Å². The summed E-state index contributed by atoms with van der Waals surface area (Å²) in [5.41, 5.74) is 1.05. The van der Waals surface area contributed by atoms with Crippen molar-refractivity contribution >= 4 is 5.91 Å². The third-order valence-corrected chi connectivity index (χ3v) is 3.06. The number of benzene rings is 1. The molecule has 0 saturated heterocycles. The van der Waals surface area contributed by atoms with Crippen molar-refractivity contribution in [3.8, 4) is 5.75 Å². The molecular weight excluding hydrogens is 242 g/mol. The van der Waals surface area contributed by atoms with Crippen LogP contribution in [-0.4, -0.2) is 29.3 Å². The number of carbonyl (C=O) groups is 1. The van der Waals surface area contributed by atoms with Crippen molar-refractivity contribution in [1.29, 1.82) is 0 Å².